The maximum atomic E-state index is 13.8. The van der Waals surface area contributed by atoms with E-state index < -0.39 is 22.2 Å². The van der Waals surface area contributed by atoms with Crippen molar-refractivity contribution in [3.05, 3.63) is 96.0 Å². The number of hydrogen-bond donors (Lipinski definition) is 2. The maximum Gasteiger partial charge on any atom is 0.438 e. The van der Waals surface area contributed by atoms with Gasteiger partial charge in [-0.2, -0.15) is 0 Å². The van der Waals surface area contributed by atoms with Crippen LogP contribution in [-0.4, -0.2) is 31.3 Å². The molecule has 0 fully saturated rings. The largest absolute Gasteiger partial charge is 0.502 e. The number of halogens is 1. The number of urea groups is 1. The lowest BCUT2D eigenvalue weighted by atomic mass is 10.1. The first-order valence-corrected chi connectivity index (χ1v) is 10.3. The topological polar surface area (TPSA) is 84.9 Å². The van der Waals surface area contributed by atoms with Crippen LogP contribution in [0.1, 0.15) is 11.1 Å². The maximum absolute atomic E-state index is 13.8. The van der Waals surface area contributed by atoms with E-state index in [9.17, 15) is 19.1 Å². The molecule has 1 atom stereocenters. The molecule has 172 valence electrons. The third-order valence-electron chi connectivity index (χ3n) is 5.53. The van der Waals surface area contributed by atoms with Crippen molar-refractivity contribution in [2.45, 2.75) is 0 Å². The number of amides is 3. The Balaban J connectivity index is 1.83. The number of rotatable bonds is 6. The molecule has 0 aliphatic carbocycles. The van der Waals surface area contributed by atoms with Crippen LogP contribution in [0, 0.1) is 5.82 Å². The Morgan fingerprint density at radius 3 is 2.21 bits per heavy atom. The smallest absolute Gasteiger partial charge is 0.438 e. The first kappa shape index (κ1) is 22.8. The van der Waals surface area contributed by atoms with Crippen LogP contribution in [0.3, 0.4) is 0 Å². The van der Waals surface area contributed by atoms with Gasteiger partial charge in [0.25, 0.3) is 0 Å². The highest BCUT2D eigenvalue weighted by molar-refractivity contribution is 6.23. The molecule has 1 aliphatic heterocycles. The molecule has 0 bridgehead atoms. The minimum absolute atomic E-state index is 0.165. The Bertz CT molecular complexity index is 1280. The van der Waals surface area contributed by atoms with Crippen LogP contribution in [0.25, 0.3) is 11.8 Å². The number of carbonyl (C=O) groups is 2. The van der Waals surface area contributed by atoms with Gasteiger partial charge in [-0.3, -0.25) is 5.32 Å². The summed E-state index contributed by atoms with van der Waals surface area (Å²) in [6.45, 7) is 0. The molecule has 8 heteroatoms. The van der Waals surface area contributed by atoms with Crippen molar-refractivity contribution < 1.29 is 28.6 Å². The summed E-state index contributed by atoms with van der Waals surface area (Å²) >= 11 is 0. The zero-order chi connectivity index (χ0) is 24.3. The molecular formula is C26H22FN2O5+. The molecule has 3 amide bonds. The van der Waals surface area contributed by atoms with E-state index in [1.807, 2.05) is 0 Å². The molecule has 1 unspecified atom stereocenters. The van der Waals surface area contributed by atoms with Gasteiger partial charge in [-0.1, -0.05) is 18.2 Å². The van der Waals surface area contributed by atoms with Gasteiger partial charge in [-0.05, 0) is 48.0 Å². The highest BCUT2D eigenvalue weighted by Crippen LogP contribution is 2.40. The Hall–Kier alpha value is -4.43. The van der Waals surface area contributed by atoms with E-state index in [2.05, 4.69) is 5.32 Å². The number of phenolic OH excluding ortho intramolecular Hbond substituents is 1. The lowest BCUT2D eigenvalue weighted by Crippen LogP contribution is -2.55. The van der Waals surface area contributed by atoms with Crippen LogP contribution in [0.2, 0.25) is 0 Å². The van der Waals surface area contributed by atoms with Crippen molar-refractivity contribution in [3.63, 3.8) is 0 Å². The first-order chi connectivity index (χ1) is 16.4. The number of benzene rings is 3. The van der Waals surface area contributed by atoms with Crippen molar-refractivity contribution in [1.29, 1.82) is 0 Å². The Kier molecular flexibility index (Phi) is 6.16. The molecule has 0 radical (unpaired) electrons. The average molecular weight is 461 g/mol. The lowest BCUT2D eigenvalue weighted by molar-refractivity contribution is -0.120. The van der Waals surface area contributed by atoms with Crippen LogP contribution in [-0.2, 0) is 4.79 Å². The molecule has 0 saturated heterocycles. The second-order valence-corrected chi connectivity index (χ2v) is 7.44. The fourth-order valence-corrected chi connectivity index (χ4v) is 3.87. The summed E-state index contributed by atoms with van der Waals surface area (Å²) < 4.78 is 23.1. The number of imide groups is 1. The zero-order valence-electron chi connectivity index (χ0n) is 18.5. The molecule has 0 saturated carbocycles. The van der Waals surface area contributed by atoms with Gasteiger partial charge in [0, 0.05) is 23.8 Å². The summed E-state index contributed by atoms with van der Waals surface area (Å²) in [5, 5.41) is 12.8. The van der Waals surface area contributed by atoms with Crippen molar-refractivity contribution in [2.75, 3.05) is 14.2 Å². The van der Waals surface area contributed by atoms with Gasteiger partial charge in [0.2, 0.25) is 5.75 Å². The molecule has 34 heavy (non-hydrogen) atoms. The number of quaternary nitrogens is 1. The summed E-state index contributed by atoms with van der Waals surface area (Å²) in [4.78, 5) is 27.0. The van der Waals surface area contributed by atoms with Gasteiger partial charge in [0.05, 0.1) is 20.4 Å². The predicted molar refractivity (Wildman–Crippen MR) is 126 cm³/mol. The second kappa shape index (κ2) is 9.21. The fourth-order valence-electron chi connectivity index (χ4n) is 3.87. The Morgan fingerprint density at radius 2 is 1.62 bits per heavy atom. The minimum atomic E-state index is -0.769. The summed E-state index contributed by atoms with van der Waals surface area (Å²) in [6, 6.07) is 16.7. The van der Waals surface area contributed by atoms with Crippen LogP contribution in [0.15, 0.2) is 79.0 Å². The van der Waals surface area contributed by atoms with Crippen molar-refractivity contribution >= 4 is 29.4 Å². The molecule has 0 aromatic heterocycles. The average Bonchev–Trinajstić information content (AvgIpc) is 3.21. The molecule has 4 rings (SSSR count). The van der Waals surface area contributed by atoms with E-state index in [4.69, 9.17) is 9.47 Å². The quantitative estimate of drug-likeness (QED) is 0.406. The van der Waals surface area contributed by atoms with Crippen LogP contribution >= 0.6 is 0 Å². The number of hydrogen-bond acceptors (Lipinski definition) is 5. The molecule has 1 heterocycles. The third kappa shape index (κ3) is 3.80. The van der Waals surface area contributed by atoms with E-state index in [0.29, 0.717) is 22.5 Å². The highest BCUT2D eigenvalue weighted by Gasteiger charge is 2.54. The third-order valence-corrected chi connectivity index (χ3v) is 5.53. The number of phenols is 1. The minimum Gasteiger partial charge on any atom is -0.502 e. The van der Waals surface area contributed by atoms with E-state index >= 15 is 0 Å². The molecule has 3 aromatic carbocycles. The van der Waals surface area contributed by atoms with E-state index in [1.165, 1.54) is 69.0 Å². The summed E-state index contributed by atoms with van der Waals surface area (Å²) in [7, 11) is 2.80. The Labute approximate surface area is 195 Å². The predicted octanol–water partition coefficient (Wildman–Crippen LogP) is 4.82. The van der Waals surface area contributed by atoms with Crippen LogP contribution < -0.4 is 19.3 Å². The van der Waals surface area contributed by atoms with Crippen molar-refractivity contribution in [3.8, 4) is 17.2 Å². The number of carbonyl (C=O) groups excluding carboxylic acids is 2. The molecular weight excluding hydrogens is 439 g/mol. The number of ether oxygens (including phenoxy) is 2. The number of nitrogens with zero attached hydrogens (tertiary/aromatic N) is 1. The SMILES string of the molecule is COc1cc(C=CC(=O)[N+]2(c3ccccc3)C(=O)NC=C2c2ccc(F)cc2)cc(OC)c1O. The summed E-state index contributed by atoms with van der Waals surface area (Å²) in [6.07, 6.45) is 4.24. The first-order valence-electron chi connectivity index (χ1n) is 10.3. The van der Waals surface area contributed by atoms with E-state index in [-0.39, 0.29) is 17.2 Å². The number of methoxy groups -OCH3 is 2. The number of para-hydroxylation sites is 1. The molecule has 3 aromatic rings. The monoisotopic (exact) mass is 461 g/mol. The highest BCUT2D eigenvalue weighted by atomic mass is 19.1. The summed E-state index contributed by atoms with van der Waals surface area (Å²) in [5.74, 6) is -0.807. The second-order valence-electron chi connectivity index (χ2n) is 7.44. The van der Waals surface area contributed by atoms with E-state index in [0.717, 1.165) is 0 Å². The van der Waals surface area contributed by atoms with Crippen molar-refractivity contribution in [2.24, 2.45) is 0 Å². The fraction of sp³-hybridized carbons (Fsp3) is 0.0769. The normalized spacial score (nSPS) is 17.4. The van der Waals surface area contributed by atoms with Gasteiger partial charge >= 0.3 is 11.9 Å². The van der Waals surface area contributed by atoms with Gasteiger partial charge in [0.15, 0.2) is 22.9 Å². The van der Waals surface area contributed by atoms with Gasteiger partial charge in [0.1, 0.15) is 5.82 Å². The van der Waals surface area contributed by atoms with Gasteiger partial charge in [-0.15, -0.1) is 4.48 Å². The molecule has 1 aliphatic rings. The summed E-state index contributed by atoms with van der Waals surface area (Å²) in [5.41, 5.74) is 1.80. The van der Waals surface area contributed by atoms with Crippen LogP contribution in [0.5, 0.6) is 17.2 Å². The van der Waals surface area contributed by atoms with Crippen molar-refractivity contribution in [1.82, 2.24) is 9.80 Å². The molecule has 2 N–H and O–H groups in total. The lowest BCUT2D eigenvalue weighted by Gasteiger charge is -2.28. The Morgan fingerprint density at radius 1 is 1.00 bits per heavy atom. The van der Waals surface area contributed by atoms with Gasteiger partial charge < -0.3 is 14.6 Å². The standard InChI is InChI=1S/C26H21FN2O5/c1-33-22-14-17(15-23(34-2)25(22)31)8-13-24(30)29(20-6-4-3-5-7-20)21(16-28-26(29)32)18-9-11-19(27)12-10-18/h3-16H,1-2H3,(H-,28,30,31,32)/p+1. The number of aromatic hydroxyl groups is 1. The van der Waals surface area contributed by atoms with E-state index in [1.54, 1.807) is 30.3 Å². The van der Waals surface area contributed by atoms with Crippen LogP contribution in [0.4, 0.5) is 14.9 Å². The van der Waals surface area contributed by atoms with Gasteiger partial charge in [-0.25, -0.2) is 14.0 Å². The number of nitrogens with one attached hydrogen (secondary N) is 1. The zero-order valence-corrected chi connectivity index (χ0v) is 18.5. The molecule has 0 spiro atoms. The molecule has 7 nitrogen and oxygen atoms in total.